The molecule has 0 unspecified atom stereocenters. The highest BCUT2D eigenvalue weighted by Gasteiger charge is 2.07. The predicted molar refractivity (Wildman–Crippen MR) is 89.9 cm³/mol. The van der Waals surface area contributed by atoms with Crippen LogP contribution in [-0.2, 0) is 0 Å². The quantitative estimate of drug-likeness (QED) is 0.544. The van der Waals surface area contributed by atoms with E-state index in [0.717, 1.165) is 15.6 Å². The lowest BCUT2D eigenvalue weighted by molar-refractivity contribution is 0.628. The van der Waals surface area contributed by atoms with Crippen molar-refractivity contribution in [3.63, 3.8) is 0 Å². The Bertz CT molecular complexity index is 866. The molecule has 0 aliphatic rings. The molecule has 1 aromatic heterocycles. The standard InChI is InChI=1S/C15H10BrFN4S/c16-12-5-1-10(2-6-12)9-18-21-14(19-20-15(21)22)11-3-7-13(17)8-4-11/h1-9H,(H,20,22). The van der Waals surface area contributed by atoms with Gasteiger partial charge in [0.2, 0.25) is 4.77 Å². The first-order valence-electron chi connectivity index (χ1n) is 6.37. The van der Waals surface area contributed by atoms with Gasteiger partial charge in [0, 0.05) is 10.0 Å². The van der Waals surface area contributed by atoms with Gasteiger partial charge in [0.1, 0.15) is 5.82 Å². The Morgan fingerprint density at radius 3 is 2.50 bits per heavy atom. The molecule has 0 amide bonds. The second-order valence-corrected chi connectivity index (χ2v) is 5.77. The van der Waals surface area contributed by atoms with Gasteiger partial charge in [0.25, 0.3) is 0 Å². The molecule has 7 heteroatoms. The summed E-state index contributed by atoms with van der Waals surface area (Å²) in [6.07, 6.45) is 1.69. The van der Waals surface area contributed by atoms with Gasteiger partial charge < -0.3 is 0 Å². The number of nitrogens with zero attached hydrogens (tertiary/aromatic N) is 3. The second kappa shape index (κ2) is 6.33. The molecule has 4 nitrogen and oxygen atoms in total. The molecule has 0 saturated carbocycles. The largest absolute Gasteiger partial charge is 0.250 e. The Hall–Kier alpha value is -2.12. The van der Waals surface area contributed by atoms with Crippen molar-refractivity contribution in [2.24, 2.45) is 5.10 Å². The molecule has 3 aromatic rings. The minimum absolute atomic E-state index is 0.303. The van der Waals surface area contributed by atoms with Crippen molar-refractivity contribution in [2.75, 3.05) is 0 Å². The van der Waals surface area contributed by atoms with Gasteiger partial charge in [0.15, 0.2) is 5.82 Å². The molecular formula is C15H10BrFN4S. The first kappa shape index (κ1) is 14.8. The Balaban J connectivity index is 1.97. The van der Waals surface area contributed by atoms with Crippen molar-refractivity contribution in [1.82, 2.24) is 14.9 Å². The molecular weight excluding hydrogens is 367 g/mol. The van der Waals surface area contributed by atoms with Gasteiger partial charge in [0.05, 0.1) is 6.21 Å². The maximum atomic E-state index is 13.0. The van der Waals surface area contributed by atoms with Gasteiger partial charge in [-0.3, -0.25) is 0 Å². The van der Waals surface area contributed by atoms with Gasteiger partial charge in [-0.15, -0.1) is 0 Å². The van der Waals surface area contributed by atoms with Crippen molar-refractivity contribution >= 4 is 34.4 Å². The molecule has 0 atom stereocenters. The lowest BCUT2D eigenvalue weighted by Gasteiger charge is -2.01. The van der Waals surface area contributed by atoms with E-state index in [1.807, 2.05) is 24.3 Å². The van der Waals surface area contributed by atoms with Crippen molar-refractivity contribution < 1.29 is 4.39 Å². The third-order valence-corrected chi connectivity index (χ3v) is 3.74. The highest BCUT2D eigenvalue weighted by molar-refractivity contribution is 9.10. The average molecular weight is 377 g/mol. The summed E-state index contributed by atoms with van der Waals surface area (Å²) in [5.41, 5.74) is 1.65. The summed E-state index contributed by atoms with van der Waals surface area (Å²) in [5.74, 6) is 0.223. The van der Waals surface area contributed by atoms with Crippen LogP contribution in [0, 0.1) is 10.6 Å². The molecule has 22 heavy (non-hydrogen) atoms. The molecule has 0 fully saturated rings. The van der Waals surface area contributed by atoms with Gasteiger partial charge in [-0.25, -0.2) is 9.49 Å². The van der Waals surface area contributed by atoms with Crippen LogP contribution in [0.15, 0.2) is 58.1 Å². The van der Waals surface area contributed by atoms with Gasteiger partial charge in [-0.05, 0) is 54.2 Å². The molecule has 110 valence electrons. The fourth-order valence-corrected chi connectivity index (χ4v) is 2.30. The minimum Gasteiger partial charge on any atom is -0.250 e. The average Bonchev–Trinajstić information content (AvgIpc) is 2.89. The van der Waals surface area contributed by atoms with Gasteiger partial charge in [-0.1, -0.05) is 28.1 Å². The Kier molecular flexibility index (Phi) is 4.26. The van der Waals surface area contributed by atoms with Gasteiger partial charge >= 0.3 is 0 Å². The number of aromatic amines is 1. The van der Waals surface area contributed by atoms with Crippen LogP contribution in [0.5, 0.6) is 0 Å². The Morgan fingerprint density at radius 1 is 1.14 bits per heavy atom. The van der Waals surface area contributed by atoms with E-state index in [2.05, 4.69) is 31.2 Å². The van der Waals surface area contributed by atoms with Crippen LogP contribution in [0.2, 0.25) is 0 Å². The number of halogens is 2. The van der Waals surface area contributed by atoms with E-state index in [0.29, 0.717) is 10.6 Å². The molecule has 1 N–H and O–H groups in total. The molecule has 0 saturated heterocycles. The normalized spacial score (nSPS) is 11.2. The zero-order chi connectivity index (χ0) is 15.5. The SMILES string of the molecule is Fc1ccc(-c2n[nH]c(=S)n2N=Cc2ccc(Br)cc2)cc1. The second-order valence-electron chi connectivity index (χ2n) is 4.47. The molecule has 3 rings (SSSR count). The van der Waals surface area contributed by atoms with Crippen LogP contribution in [0.4, 0.5) is 4.39 Å². The summed E-state index contributed by atoms with van der Waals surface area (Å²) < 4.78 is 15.9. The fourth-order valence-electron chi connectivity index (χ4n) is 1.86. The highest BCUT2D eigenvalue weighted by atomic mass is 79.9. The monoisotopic (exact) mass is 376 g/mol. The van der Waals surface area contributed by atoms with Gasteiger partial charge in [-0.2, -0.15) is 14.9 Å². The smallest absolute Gasteiger partial charge is 0.216 e. The summed E-state index contributed by atoms with van der Waals surface area (Å²) in [4.78, 5) is 0. The lowest BCUT2D eigenvalue weighted by Crippen LogP contribution is -1.95. The summed E-state index contributed by atoms with van der Waals surface area (Å²) in [6.45, 7) is 0. The molecule has 1 heterocycles. The third kappa shape index (κ3) is 3.20. The Labute approximate surface area is 139 Å². The van der Waals surface area contributed by atoms with Crippen LogP contribution < -0.4 is 0 Å². The first-order chi connectivity index (χ1) is 10.6. The maximum Gasteiger partial charge on any atom is 0.216 e. The summed E-state index contributed by atoms with van der Waals surface area (Å²) in [7, 11) is 0. The van der Waals surface area contributed by atoms with Crippen molar-refractivity contribution in [3.8, 4) is 11.4 Å². The summed E-state index contributed by atoms with van der Waals surface area (Å²) >= 11 is 8.57. The highest BCUT2D eigenvalue weighted by Crippen LogP contribution is 2.17. The topological polar surface area (TPSA) is 46.0 Å². The number of aromatic nitrogens is 3. The van der Waals surface area contributed by atoms with Crippen molar-refractivity contribution in [3.05, 3.63) is 69.2 Å². The molecule has 0 spiro atoms. The zero-order valence-corrected chi connectivity index (χ0v) is 13.6. The predicted octanol–water partition coefficient (Wildman–Crippen LogP) is 4.39. The fraction of sp³-hybridized carbons (Fsp3) is 0. The number of H-pyrrole nitrogens is 1. The minimum atomic E-state index is -0.303. The van der Waals surface area contributed by atoms with Crippen molar-refractivity contribution in [1.29, 1.82) is 0 Å². The van der Waals surface area contributed by atoms with E-state index in [1.165, 1.54) is 16.8 Å². The van der Waals surface area contributed by atoms with E-state index in [4.69, 9.17) is 12.2 Å². The summed E-state index contributed by atoms with van der Waals surface area (Å²) in [6, 6.07) is 13.7. The van der Waals surface area contributed by atoms with E-state index in [1.54, 1.807) is 18.3 Å². The van der Waals surface area contributed by atoms with E-state index >= 15 is 0 Å². The van der Waals surface area contributed by atoms with Crippen LogP contribution in [-0.4, -0.2) is 21.1 Å². The third-order valence-electron chi connectivity index (χ3n) is 2.95. The first-order valence-corrected chi connectivity index (χ1v) is 7.57. The number of benzene rings is 2. The van der Waals surface area contributed by atoms with E-state index in [-0.39, 0.29) is 5.82 Å². The number of hydrogen-bond donors (Lipinski definition) is 1. The van der Waals surface area contributed by atoms with Crippen molar-refractivity contribution in [2.45, 2.75) is 0 Å². The zero-order valence-electron chi connectivity index (χ0n) is 11.2. The molecule has 0 aliphatic heterocycles. The molecule has 0 radical (unpaired) electrons. The van der Waals surface area contributed by atoms with Crippen LogP contribution in [0.3, 0.4) is 0 Å². The van der Waals surface area contributed by atoms with Crippen LogP contribution in [0.25, 0.3) is 11.4 Å². The summed E-state index contributed by atoms with van der Waals surface area (Å²) in [5, 5.41) is 11.2. The van der Waals surface area contributed by atoms with E-state index in [9.17, 15) is 4.39 Å². The van der Waals surface area contributed by atoms with Crippen LogP contribution in [0.1, 0.15) is 5.56 Å². The lowest BCUT2D eigenvalue weighted by atomic mass is 10.2. The number of nitrogens with one attached hydrogen (secondary N) is 1. The Morgan fingerprint density at radius 2 is 1.82 bits per heavy atom. The molecule has 0 aliphatic carbocycles. The number of rotatable bonds is 3. The number of hydrogen-bond acceptors (Lipinski definition) is 3. The molecule has 2 aromatic carbocycles. The molecule has 0 bridgehead atoms. The van der Waals surface area contributed by atoms with Crippen LogP contribution >= 0.6 is 28.1 Å². The van der Waals surface area contributed by atoms with E-state index < -0.39 is 0 Å². The maximum absolute atomic E-state index is 13.0.